The van der Waals surface area contributed by atoms with E-state index >= 15 is 0 Å². The second-order valence-corrected chi connectivity index (χ2v) is 5.11. The fourth-order valence-corrected chi connectivity index (χ4v) is 1.91. The molecule has 0 spiro atoms. The molecule has 0 atom stereocenters. The lowest BCUT2D eigenvalue weighted by molar-refractivity contribution is -0.135. The van der Waals surface area contributed by atoms with Gasteiger partial charge in [0.05, 0.1) is 6.54 Å². The van der Waals surface area contributed by atoms with Gasteiger partial charge in [0.25, 0.3) is 0 Å². The molecule has 0 aromatic heterocycles. The average Bonchev–Trinajstić information content (AvgIpc) is 2.22. The highest BCUT2D eigenvalue weighted by molar-refractivity contribution is 5.91. The van der Waals surface area contributed by atoms with Gasteiger partial charge in [0.2, 0.25) is 5.91 Å². The molecule has 1 heterocycles. The minimum atomic E-state index is -0.275. The van der Waals surface area contributed by atoms with E-state index < -0.39 is 0 Å². The predicted octanol–water partition coefficient (Wildman–Crippen LogP) is 1.61. The molecule has 1 aliphatic rings. The van der Waals surface area contributed by atoms with E-state index in [1.165, 1.54) is 0 Å². The van der Waals surface area contributed by atoms with Crippen molar-refractivity contribution in [3.05, 3.63) is 0 Å². The standard InChI is InChI=1S/C11H19NO2/c1-8(2)5-10(14)12-7-9(13)6-11(12,3)4/h8H,5-7H2,1-4H3. The van der Waals surface area contributed by atoms with Gasteiger partial charge in [0.15, 0.2) is 5.78 Å². The molecule has 0 N–H and O–H groups in total. The van der Waals surface area contributed by atoms with Crippen LogP contribution in [-0.4, -0.2) is 28.7 Å². The van der Waals surface area contributed by atoms with Crippen molar-refractivity contribution in [1.29, 1.82) is 0 Å². The molecule has 0 radical (unpaired) electrons. The van der Waals surface area contributed by atoms with Gasteiger partial charge >= 0.3 is 0 Å². The maximum Gasteiger partial charge on any atom is 0.223 e. The summed E-state index contributed by atoms with van der Waals surface area (Å²) in [4.78, 5) is 24.8. The number of amides is 1. The Hall–Kier alpha value is -0.860. The first-order valence-corrected chi connectivity index (χ1v) is 5.15. The van der Waals surface area contributed by atoms with E-state index in [0.717, 1.165) is 0 Å². The van der Waals surface area contributed by atoms with E-state index in [1.54, 1.807) is 4.90 Å². The quantitative estimate of drug-likeness (QED) is 0.674. The van der Waals surface area contributed by atoms with Crippen molar-refractivity contribution in [2.45, 2.75) is 46.1 Å². The van der Waals surface area contributed by atoms with Gasteiger partial charge < -0.3 is 4.90 Å². The van der Waals surface area contributed by atoms with Crippen molar-refractivity contribution in [2.75, 3.05) is 6.54 Å². The number of hydrogen-bond acceptors (Lipinski definition) is 2. The third-order valence-corrected chi connectivity index (χ3v) is 2.58. The molecule has 14 heavy (non-hydrogen) atoms. The minimum Gasteiger partial charge on any atom is -0.330 e. The van der Waals surface area contributed by atoms with E-state index in [9.17, 15) is 9.59 Å². The van der Waals surface area contributed by atoms with Crippen molar-refractivity contribution < 1.29 is 9.59 Å². The highest BCUT2D eigenvalue weighted by Gasteiger charge is 2.39. The summed E-state index contributed by atoms with van der Waals surface area (Å²) in [6.07, 6.45) is 1.04. The summed E-state index contributed by atoms with van der Waals surface area (Å²) in [5, 5.41) is 0. The number of Topliss-reactive ketones (excluding diaryl/α,β-unsaturated/α-hetero) is 1. The van der Waals surface area contributed by atoms with Gasteiger partial charge in [0, 0.05) is 18.4 Å². The second-order valence-electron chi connectivity index (χ2n) is 5.11. The van der Waals surface area contributed by atoms with Crippen LogP contribution >= 0.6 is 0 Å². The van der Waals surface area contributed by atoms with Gasteiger partial charge in [-0.05, 0) is 19.8 Å². The van der Waals surface area contributed by atoms with Gasteiger partial charge in [0.1, 0.15) is 0 Å². The zero-order valence-electron chi connectivity index (χ0n) is 9.46. The Balaban J connectivity index is 2.68. The lowest BCUT2D eigenvalue weighted by Crippen LogP contribution is -2.43. The Morgan fingerprint density at radius 1 is 1.50 bits per heavy atom. The van der Waals surface area contributed by atoms with E-state index in [4.69, 9.17) is 0 Å². The molecular weight excluding hydrogens is 178 g/mol. The third-order valence-electron chi connectivity index (χ3n) is 2.58. The fraction of sp³-hybridized carbons (Fsp3) is 0.818. The van der Waals surface area contributed by atoms with E-state index in [-0.39, 0.29) is 17.2 Å². The van der Waals surface area contributed by atoms with Crippen molar-refractivity contribution in [3.63, 3.8) is 0 Å². The molecule has 1 rings (SSSR count). The average molecular weight is 197 g/mol. The molecule has 0 bridgehead atoms. The zero-order chi connectivity index (χ0) is 10.9. The number of likely N-dealkylation sites (tertiary alicyclic amines) is 1. The molecule has 3 nitrogen and oxygen atoms in total. The van der Waals surface area contributed by atoms with Gasteiger partial charge in [-0.25, -0.2) is 0 Å². The number of nitrogens with zero attached hydrogens (tertiary/aromatic N) is 1. The Morgan fingerprint density at radius 2 is 2.07 bits per heavy atom. The summed E-state index contributed by atoms with van der Waals surface area (Å²) in [5.41, 5.74) is -0.275. The number of hydrogen-bond donors (Lipinski definition) is 0. The number of carbonyl (C=O) groups is 2. The summed E-state index contributed by atoms with van der Waals surface area (Å²) in [7, 11) is 0. The Labute approximate surface area is 85.5 Å². The number of rotatable bonds is 2. The molecule has 0 aromatic carbocycles. The van der Waals surface area contributed by atoms with Gasteiger partial charge in [-0.1, -0.05) is 13.8 Å². The molecule has 0 unspecified atom stereocenters. The van der Waals surface area contributed by atoms with E-state index in [2.05, 4.69) is 0 Å². The first kappa shape index (κ1) is 11.2. The number of ketones is 1. The first-order valence-electron chi connectivity index (χ1n) is 5.15. The topological polar surface area (TPSA) is 37.4 Å². The smallest absolute Gasteiger partial charge is 0.223 e. The second kappa shape index (κ2) is 3.71. The van der Waals surface area contributed by atoms with Crippen LogP contribution in [0, 0.1) is 5.92 Å². The van der Waals surface area contributed by atoms with E-state index in [1.807, 2.05) is 27.7 Å². The summed E-state index contributed by atoms with van der Waals surface area (Å²) < 4.78 is 0. The lowest BCUT2D eigenvalue weighted by atomic mass is 10.0. The van der Waals surface area contributed by atoms with Crippen molar-refractivity contribution in [1.82, 2.24) is 4.90 Å². The van der Waals surface area contributed by atoms with Crippen LogP contribution in [0.25, 0.3) is 0 Å². The van der Waals surface area contributed by atoms with Gasteiger partial charge in [-0.15, -0.1) is 0 Å². The normalized spacial score (nSPS) is 20.6. The molecule has 1 saturated heterocycles. The molecule has 0 saturated carbocycles. The summed E-state index contributed by atoms with van der Waals surface area (Å²) in [6, 6.07) is 0. The van der Waals surface area contributed by atoms with Crippen LogP contribution in [0.2, 0.25) is 0 Å². The van der Waals surface area contributed by atoms with Crippen LogP contribution in [0.15, 0.2) is 0 Å². The molecule has 1 aliphatic heterocycles. The zero-order valence-corrected chi connectivity index (χ0v) is 9.46. The van der Waals surface area contributed by atoms with Crippen molar-refractivity contribution in [2.24, 2.45) is 5.92 Å². The molecule has 1 amide bonds. The van der Waals surface area contributed by atoms with Crippen LogP contribution in [0.3, 0.4) is 0 Å². The monoisotopic (exact) mass is 197 g/mol. The molecule has 0 aliphatic carbocycles. The van der Waals surface area contributed by atoms with Crippen LogP contribution in [0.1, 0.15) is 40.5 Å². The molecular formula is C11H19NO2. The van der Waals surface area contributed by atoms with Crippen LogP contribution < -0.4 is 0 Å². The molecule has 80 valence electrons. The van der Waals surface area contributed by atoms with Crippen LogP contribution in [-0.2, 0) is 9.59 Å². The lowest BCUT2D eigenvalue weighted by Gasteiger charge is -2.31. The number of carbonyl (C=O) groups excluding carboxylic acids is 2. The fourth-order valence-electron chi connectivity index (χ4n) is 1.91. The maximum absolute atomic E-state index is 11.8. The first-order chi connectivity index (χ1) is 6.33. The highest BCUT2D eigenvalue weighted by atomic mass is 16.2. The molecule has 0 aromatic rings. The largest absolute Gasteiger partial charge is 0.330 e. The van der Waals surface area contributed by atoms with Crippen LogP contribution in [0.4, 0.5) is 0 Å². The van der Waals surface area contributed by atoms with Gasteiger partial charge in [-0.2, -0.15) is 0 Å². The molecule has 1 fully saturated rings. The maximum atomic E-state index is 11.8. The summed E-state index contributed by atoms with van der Waals surface area (Å²) >= 11 is 0. The molecule has 3 heteroatoms. The van der Waals surface area contributed by atoms with Crippen LogP contribution in [0.5, 0.6) is 0 Å². The Bertz CT molecular complexity index is 256. The Morgan fingerprint density at radius 3 is 2.43 bits per heavy atom. The predicted molar refractivity (Wildman–Crippen MR) is 54.9 cm³/mol. The third kappa shape index (κ3) is 2.34. The summed E-state index contributed by atoms with van der Waals surface area (Å²) in [5.74, 6) is 0.636. The highest BCUT2D eigenvalue weighted by Crippen LogP contribution is 2.27. The SMILES string of the molecule is CC(C)CC(=O)N1CC(=O)CC1(C)C. The Kier molecular flexibility index (Phi) is 2.98. The van der Waals surface area contributed by atoms with Crippen molar-refractivity contribution in [3.8, 4) is 0 Å². The van der Waals surface area contributed by atoms with Crippen molar-refractivity contribution >= 4 is 11.7 Å². The van der Waals surface area contributed by atoms with Gasteiger partial charge in [-0.3, -0.25) is 9.59 Å². The minimum absolute atomic E-state index is 0.107. The van der Waals surface area contributed by atoms with E-state index in [0.29, 0.717) is 25.3 Å². The summed E-state index contributed by atoms with van der Waals surface area (Å²) in [6.45, 7) is 8.25.